The van der Waals surface area contributed by atoms with Crippen molar-refractivity contribution in [1.82, 2.24) is 14.8 Å². The van der Waals surface area contributed by atoms with Gasteiger partial charge in [0.05, 0.1) is 5.69 Å². The quantitative estimate of drug-likeness (QED) is 0.798. The fraction of sp³-hybridized carbons (Fsp3) is 0.273. The normalized spacial score (nSPS) is 10.6. The van der Waals surface area contributed by atoms with Crippen molar-refractivity contribution in [2.75, 3.05) is 6.54 Å². The van der Waals surface area contributed by atoms with Crippen molar-refractivity contribution in [3.63, 3.8) is 0 Å². The molecule has 0 aliphatic heterocycles. The van der Waals surface area contributed by atoms with E-state index in [1.54, 1.807) is 22.9 Å². The topological polar surface area (TPSA) is 77.0 Å². The van der Waals surface area contributed by atoms with Crippen LogP contribution in [-0.2, 0) is 6.42 Å². The third-order valence-corrected chi connectivity index (χ3v) is 2.26. The zero-order valence-electron chi connectivity index (χ0n) is 9.09. The fourth-order valence-corrected chi connectivity index (χ4v) is 1.55. The molecule has 0 unspecified atom stereocenters. The van der Waals surface area contributed by atoms with Gasteiger partial charge in [0.25, 0.3) is 0 Å². The third kappa shape index (κ3) is 2.04. The maximum Gasteiger partial charge on any atom is 0.152 e. The molecule has 0 aliphatic rings. The lowest BCUT2D eigenvalue weighted by atomic mass is 10.3. The van der Waals surface area contributed by atoms with Crippen LogP contribution in [0, 0.1) is 6.92 Å². The molecule has 1 heterocycles. The number of aromatic hydroxyl groups is 1. The second-order valence-electron chi connectivity index (χ2n) is 3.55. The Morgan fingerprint density at radius 1 is 1.44 bits per heavy atom. The number of hydrogen-bond donors (Lipinski definition) is 2. The first-order valence-electron chi connectivity index (χ1n) is 5.12. The van der Waals surface area contributed by atoms with Gasteiger partial charge < -0.3 is 10.8 Å². The Morgan fingerprint density at radius 2 is 2.25 bits per heavy atom. The highest BCUT2D eigenvalue weighted by atomic mass is 16.3. The molecule has 0 amide bonds. The first-order valence-corrected chi connectivity index (χ1v) is 5.12. The average molecular weight is 218 g/mol. The summed E-state index contributed by atoms with van der Waals surface area (Å²) in [5.41, 5.74) is 6.25. The Hall–Kier alpha value is -1.88. The Kier molecular flexibility index (Phi) is 2.87. The number of aromatic nitrogens is 3. The van der Waals surface area contributed by atoms with Crippen LogP contribution >= 0.6 is 0 Å². The van der Waals surface area contributed by atoms with Crippen molar-refractivity contribution in [3.8, 4) is 11.4 Å². The van der Waals surface area contributed by atoms with E-state index in [2.05, 4.69) is 10.1 Å². The van der Waals surface area contributed by atoms with E-state index in [0.717, 1.165) is 17.3 Å². The summed E-state index contributed by atoms with van der Waals surface area (Å²) in [5, 5.41) is 13.7. The van der Waals surface area contributed by atoms with Gasteiger partial charge in [-0.2, -0.15) is 5.10 Å². The molecular formula is C11H14N4O. The van der Waals surface area contributed by atoms with Crippen LogP contribution in [0.3, 0.4) is 0 Å². The SMILES string of the molecule is Cc1nc(CCN)nn1-c1cccc(O)c1. The van der Waals surface area contributed by atoms with E-state index in [-0.39, 0.29) is 5.75 Å². The molecule has 0 saturated heterocycles. The van der Waals surface area contributed by atoms with E-state index in [0.29, 0.717) is 13.0 Å². The number of phenols is 1. The summed E-state index contributed by atoms with van der Waals surface area (Å²) in [6.45, 7) is 2.40. The van der Waals surface area contributed by atoms with E-state index in [1.807, 2.05) is 13.0 Å². The van der Waals surface area contributed by atoms with Crippen molar-refractivity contribution in [2.24, 2.45) is 5.73 Å². The highest BCUT2D eigenvalue weighted by Crippen LogP contribution is 2.15. The maximum absolute atomic E-state index is 9.39. The van der Waals surface area contributed by atoms with E-state index in [4.69, 9.17) is 5.73 Å². The van der Waals surface area contributed by atoms with Crippen molar-refractivity contribution in [1.29, 1.82) is 0 Å². The van der Waals surface area contributed by atoms with Gasteiger partial charge in [-0.05, 0) is 25.6 Å². The minimum Gasteiger partial charge on any atom is -0.508 e. The van der Waals surface area contributed by atoms with Crippen LogP contribution in [-0.4, -0.2) is 26.4 Å². The number of nitrogens with zero attached hydrogens (tertiary/aromatic N) is 3. The molecule has 16 heavy (non-hydrogen) atoms. The fourth-order valence-electron chi connectivity index (χ4n) is 1.55. The Balaban J connectivity index is 2.40. The summed E-state index contributed by atoms with van der Waals surface area (Å²) in [6.07, 6.45) is 0.659. The summed E-state index contributed by atoms with van der Waals surface area (Å²) in [6, 6.07) is 6.91. The van der Waals surface area contributed by atoms with Crippen LogP contribution in [0.4, 0.5) is 0 Å². The van der Waals surface area contributed by atoms with E-state index in [9.17, 15) is 5.11 Å². The number of phenolic OH excluding ortho intramolecular Hbond substituents is 1. The van der Waals surface area contributed by atoms with E-state index >= 15 is 0 Å². The number of hydrogen-bond acceptors (Lipinski definition) is 4. The molecule has 0 aliphatic carbocycles. The number of benzene rings is 1. The standard InChI is InChI=1S/C11H14N4O/c1-8-13-11(5-6-12)14-15(8)9-3-2-4-10(16)7-9/h2-4,7,16H,5-6,12H2,1H3. The Bertz CT molecular complexity index is 492. The van der Waals surface area contributed by atoms with Crippen LogP contribution in [0.5, 0.6) is 5.75 Å². The molecule has 0 atom stereocenters. The summed E-state index contributed by atoms with van der Waals surface area (Å²) >= 11 is 0. The number of nitrogens with two attached hydrogens (primary N) is 1. The monoisotopic (exact) mass is 218 g/mol. The van der Waals surface area contributed by atoms with Gasteiger partial charge in [0.2, 0.25) is 0 Å². The molecule has 3 N–H and O–H groups in total. The molecule has 5 heteroatoms. The number of aryl methyl sites for hydroxylation is 1. The summed E-state index contributed by atoms with van der Waals surface area (Å²) in [4.78, 5) is 4.30. The van der Waals surface area contributed by atoms with Gasteiger partial charge in [-0.3, -0.25) is 0 Å². The van der Waals surface area contributed by atoms with Crippen LogP contribution in [0.15, 0.2) is 24.3 Å². The molecule has 1 aromatic carbocycles. The lowest BCUT2D eigenvalue weighted by molar-refractivity contribution is 0.474. The highest BCUT2D eigenvalue weighted by molar-refractivity contribution is 5.38. The zero-order valence-corrected chi connectivity index (χ0v) is 9.09. The molecule has 0 spiro atoms. The summed E-state index contributed by atoms with van der Waals surface area (Å²) in [5.74, 6) is 1.73. The van der Waals surface area contributed by atoms with Crippen LogP contribution in [0.1, 0.15) is 11.6 Å². The van der Waals surface area contributed by atoms with Crippen LogP contribution in [0.2, 0.25) is 0 Å². The summed E-state index contributed by atoms with van der Waals surface area (Å²) < 4.78 is 1.70. The van der Waals surface area contributed by atoms with Gasteiger partial charge >= 0.3 is 0 Å². The molecule has 0 bridgehead atoms. The zero-order chi connectivity index (χ0) is 11.5. The number of rotatable bonds is 3. The Labute approximate surface area is 93.5 Å². The van der Waals surface area contributed by atoms with Crippen LogP contribution in [0.25, 0.3) is 5.69 Å². The van der Waals surface area contributed by atoms with Crippen molar-refractivity contribution in [2.45, 2.75) is 13.3 Å². The summed E-state index contributed by atoms with van der Waals surface area (Å²) in [7, 11) is 0. The van der Waals surface area contributed by atoms with Gasteiger partial charge in [0.15, 0.2) is 5.82 Å². The van der Waals surface area contributed by atoms with E-state index < -0.39 is 0 Å². The molecule has 1 aromatic heterocycles. The van der Waals surface area contributed by atoms with Crippen molar-refractivity contribution in [3.05, 3.63) is 35.9 Å². The smallest absolute Gasteiger partial charge is 0.152 e. The minimum absolute atomic E-state index is 0.216. The molecule has 0 saturated carbocycles. The van der Waals surface area contributed by atoms with Gasteiger partial charge in [-0.15, -0.1) is 0 Å². The average Bonchev–Trinajstić information content (AvgIpc) is 2.60. The van der Waals surface area contributed by atoms with Gasteiger partial charge in [0, 0.05) is 12.5 Å². The largest absolute Gasteiger partial charge is 0.508 e. The molecule has 2 aromatic rings. The van der Waals surface area contributed by atoms with Crippen molar-refractivity contribution >= 4 is 0 Å². The third-order valence-electron chi connectivity index (χ3n) is 2.26. The maximum atomic E-state index is 9.39. The molecule has 0 radical (unpaired) electrons. The minimum atomic E-state index is 0.216. The predicted molar refractivity (Wildman–Crippen MR) is 60.5 cm³/mol. The molecule has 84 valence electrons. The molecule has 0 fully saturated rings. The lowest BCUT2D eigenvalue weighted by Gasteiger charge is -2.02. The molecule has 5 nitrogen and oxygen atoms in total. The van der Waals surface area contributed by atoms with Gasteiger partial charge in [-0.1, -0.05) is 6.07 Å². The van der Waals surface area contributed by atoms with Crippen molar-refractivity contribution < 1.29 is 5.11 Å². The first-order chi connectivity index (χ1) is 7.70. The lowest BCUT2D eigenvalue weighted by Crippen LogP contribution is -2.05. The van der Waals surface area contributed by atoms with E-state index in [1.165, 1.54) is 0 Å². The molecular weight excluding hydrogens is 204 g/mol. The Morgan fingerprint density at radius 3 is 2.94 bits per heavy atom. The van der Waals surface area contributed by atoms with Gasteiger partial charge in [-0.25, -0.2) is 9.67 Å². The van der Waals surface area contributed by atoms with Gasteiger partial charge in [0.1, 0.15) is 11.6 Å². The second-order valence-corrected chi connectivity index (χ2v) is 3.55. The molecule has 2 rings (SSSR count). The van der Waals surface area contributed by atoms with Crippen LogP contribution < -0.4 is 5.73 Å². The first kappa shape index (κ1) is 10.6. The predicted octanol–water partition coefficient (Wildman–Crippen LogP) is 0.783. The highest BCUT2D eigenvalue weighted by Gasteiger charge is 2.07. The second kappa shape index (κ2) is 4.32.